The van der Waals surface area contributed by atoms with Crippen molar-refractivity contribution < 1.29 is 4.79 Å². The normalized spacial score (nSPS) is 13.2. The molecular formula is C28H33N5O3. The van der Waals surface area contributed by atoms with Gasteiger partial charge in [-0.3, -0.25) is 19.1 Å². The van der Waals surface area contributed by atoms with Crippen LogP contribution < -0.4 is 27.2 Å². The first kappa shape index (κ1) is 25.0. The number of hydrogen-bond donors (Lipinski definition) is 3. The number of hydrogen-bond acceptors (Lipinski definition) is 5. The highest BCUT2D eigenvalue weighted by Gasteiger charge is 2.20. The molecule has 0 spiro atoms. The summed E-state index contributed by atoms with van der Waals surface area (Å²) in [6.07, 6.45) is 7.69. The van der Waals surface area contributed by atoms with E-state index in [0.29, 0.717) is 13.1 Å². The van der Waals surface area contributed by atoms with Gasteiger partial charge in [-0.2, -0.15) is 0 Å². The van der Waals surface area contributed by atoms with Crippen molar-refractivity contribution in [2.24, 2.45) is 0 Å². The Morgan fingerprint density at radius 1 is 1.00 bits per heavy atom. The highest BCUT2D eigenvalue weighted by molar-refractivity contribution is 5.91. The van der Waals surface area contributed by atoms with Crippen molar-refractivity contribution in [1.29, 1.82) is 0 Å². The molecule has 8 heteroatoms. The van der Waals surface area contributed by atoms with Crippen molar-refractivity contribution in [3.63, 3.8) is 0 Å². The number of H-pyrrole nitrogens is 1. The second-order valence-corrected chi connectivity index (χ2v) is 9.07. The molecule has 188 valence electrons. The zero-order valence-electron chi connectivity index (χ0n) is 20.4. The van der Waals surface area contributed by atoms with E-state index in [0.717, 1.165) is 36.9 Å². The average molecular weight is 488 g/mol. The largest absolute Gasteiger partial charge is 0.383 e. The lowest BCUT2D eigenvalue weighted by Gasteiger charge is -2.27. The average Bonchev–Trinajstić information content (AvgIpc) is 2.89. The third kappa shape index (κ3) is 6.53. The highest BCUT2D eigenvalue weighted by Crippen LogP contribution is 2.23. The Morgan fingerprint density at radius 2 is 1.72 bits per heavy atom. The molecule has 0 fully saturated rings. The molecule has 8 nitrogen and oxygen atoms in total. The predicted octanol–water partition coefficient (Wildman–Crippen LogP) is 3.89. The SMILES string of the molecule is Nc1c(N(CCC(=O)Nc2ccccc2)CCC2=CCCCC2)c(=O)[nH]c(=O)n1Cc1ccccc1. The summed E-state index contributed by atoms with van der Waals surface area (Å²) in [5.41, 5.74) is 8.56. The van der Waals surface area contributed by atoms with Crippen LogP contribution >= 0.6 is 0 Å². The van der Waals surface area contributed by atoms with Crippen molar-refractivity contribution in [3.8, 4) is 0 Å². The summed E-state index contributed by atoms with van der Waals surface area (Å²) < 4.78 is 1.38. The van der Waals surface area contributed by atoms with Crippen molar-refractivity contribution >= 4 is 23.1 Å². The number of benzene rings is 2. The summed E-state index contributed by atoms with van der Waals surface area (Å²) in [7, 11) is 0. The fourth-order valence-electron chi connectivity index (χ4n) is 4.53. The van der Waals surface area contributed by atoms with E-state index in [1.54, 1.807) is 0 Å². The Bertz CT molecular complexity index is 1310. The number of para-hydroxylation sites is 1. The minimum Gasteiger partial charge on any atom is -0.383 e. The summed E-state index contributed by atoms with van der Waals surface area (Å²) in [6, 6.07) is 18.7. The third-order valence-electron chi connectivity index (χ3n) is 6.47. The Kier molecular flexibility index (Phi) is 8.39. The maximum Gasteiger partial charge on any atom is 0.330 e. The first-order chi connectivity index (χ1) is 17.5. The van der Waals surface area contributed by atoms with E-state index >= 15 is 0 Å². The van der Waals surface area contributed by atoms with Crippen LogP contribution in [0.1, 0.15) is 44.1 Å². The first-order valence-electron chi connectivity index (χ1n) is 12.5. The summed E-state index contributed by atoms with van der Waals surface area (Å²) in [5.74, 6) is -0.0515. The topological polar surface area (TPSA) is 113 Å². The molecule has 2 aromatic carbocycles. The summed E-state index contributed by atoms with van der Waals surface area (Å²) in [5, 5.41) is 2.89. The van der Waals surface area contributed by atoms with E-state index in [4.69, 9.17) is 5.73 Å². The molecule has 3 aromatic rings. The van der Waals surface area contributed by atoms with Gasteiger partial charge in [-0.1, -0.05) is 60.2 Å². The zero-order valence-corrected chi connectivity index (χ0v) is 20.4. The number of nitrogens with one attached hydrogen (secondary N) is 2. The lowest BCUT2D eigenvalue weighted by atomic mass is 9.97. The van der Waals surface area contributed by atoms with Crippen LogP contribution in [-0.4, -0.2) is 28.5 Å². The molecule has 4 rings (SSSR count). The minimum absolute atomic E-state index is 0.105. The number of allylic oxidation sites excluding steroid dienone is 1. The lowest BCUT2D eigenvalue weighted by molar-refractivity contribution is -0.116. The maximum absolute atomic E-state index is 13.0. The van der Waals surface area contributed by atoms with Gasteiger partial charge in [0, 0.05) is 25.2 Å². The molecule has 0 atom stereocenters. The van der Waals surface area contributed by atoms with E-state index in [1.807, 2.05) is 65.6 Å². The molecule has 0 saturated carbocycles. The quantitative estimate of drug-likeness (QED) is 0.376. The number of nitrogen functional groups attached to an aromatic ring is 1. The molecule has 36 heavy (non-hydrogen) atoms. The summed E-state index contributed by atoms with van der Waals surface area (Å²) in [4.78, 5) is 42.6. The van der Waals surface area contributed by atoms with Crippen LogP contribution in [0.4, 0.5) is 17.2 Å². The molecule has 1 aliphatic rings. The van der Waals surface area contributed by atoms with Gasteiger partial charge < -0.3 is 16.0 Å². The van der Waals surface area contributed by atoms with Crippen LogP contribution in [0.2, 0.25) is 0 Å². The number of anilines is 3. The fourth-order valence-corrected chi connectivity index (χ4v) is 4.53. The van der Waals surface area contributed by atoms with E-state index < -0.39 is 11.2 Å². The molecule has 1 aliphatic carbocycles. The van der Waals surface area contributed by atoms with Crippen LogP contribution in [0.3, 0.4) is 0 Å². The van der Waals surface area contributed by atoms with Crippen LogP contribution in [0.15, 0.2) is 81.9 Å². The molecular weight excluding hydrogens is 454 g/mol. The van der Waals surface area contributed by atoms with Crippen LogP contribution in [0, 0.1) is 0 Å². The highest BCUT2D eigenvalue weighted by atomic mass is 16.2. The number of nitrogens with zero attached hydrogens (tertiary/aromatic N) is 2. The van der Waals surface area contributed by atoms with Gasteiger partial charge in [0.25, 0.3) is 5.56 Å². The number of nitrogens with two attached hydrogens (primary N) is 1. The molecule has 1 aromatic heterocycles. The number of amides is 1. The second kappa shape index (κ2) is 12.1. The molecule has 0 saturated heterocycles. The summed E-state index contributed by atoms with van der Waals surface area (Å²) >= 11 is 0. The zero-order chi connectivity index (χ0) is 25.3. The van der Waals surface area contributed by atoms with Crippen molar-refractivity contribution in [1.82, 2.24) is 9.55 Å². The smallest absolute Gasteiger partial charge is 0.330 e. The Labute approximate surface area is 210 Å². The Hall–Kier alpha value is -4.07. The van der Waals surface area contributed by atoms with E-state index in [9.17, 15) is 14.4 Å². The molecule has 4 N–H and O–H groups in total. The van der Waals surface area contributed by atoms with Gasteiger partial charge in [-0.15, -0.1) is 0 Å². The van der Waals surface area contributed by atoms with Gasteiger partial charge in [0.2, 0.25) is 5.91 Å². The van der Waals surface area contributed by atoms with E-state index in [-0.39, 0.29) is 30.4 Å². The molecule has 0 radical (unpaired) electrons. The van der Waals surface area contributed by atoms with E-state index in [1.165, 1.54) is 16.6 Å². The van der Waals surface area contributed by atoms with Crippen LogP contribution in [0.5, 0.6) is 0 Å². The molecule has 1 heterocycles. The van der Waals surface area contributed by atoms with Gasteiger partial charge in [-0.05, 0) is 49.8 Å². The van der Waals surface area contributed by atoms with Gasteiger partial charge >= 0.3 is 5.69 Å². The molecule has 0 bridgehead atoms. The van der Waals surface area contributed by atoms with Crippen molar-refractivity contribution in [2.75, 3.05) is 29.0 Å². The second-order valence-electron chi connectivity index (χ2n) is 9.07. The Morgan fingerprint density at radius 3 is 2.42 bits per heavy atom. The third-order valence-corrected chi connectivity index (χ3v) is 6.47. The predicted molar refractivity (Wildman–Crippen MR) is 144 cm³/mol. The standard InChI is InChI=1S/C28H33N5O3/c29-26-25(27(35)31-28(36)33(26)20-22-12-6-2-7-13-22)32(18-16-21-10-4-1-5-11-21)19-17-24(34)30-23-14-8-3-9-15-23/h2-3,6-10,12-15H,1,4-5,11,16-20,29H2,(H,30,34)(H,31,35,36). The number of aromatic nitrogens is 2. The fraction of sp³-hybridized carbons (Fsp3) is 0.321. The number of rotatable bonds is 10. The van der Waals surface area contributed by atoms with Gasteiger partial charge in [0.15, 0.2) is 0 Å². The number of aromatic amines is 1. The maximum atomic E-state index is 13.0. The number of carbonyl (C=O) groups excluding carboxylic acids is 1. The minimum atomic E-state index is -0.554. The van der Waals surface area contributed by atoms with Crippen LogP contribution in [0.25, 0.3) is 0 Å². The van der Waals surface area contributed by atoms with Gasteiger partial charge in [0.1, 0.15) is 11.5 Å². The van der Waals surface area contributed by atoms with Crippen molar-refractivity contribution in [3.05, 3.63) is 98.7 Å². The van der Waals surface area contributed by atoms with Crippen LogP contribution in [-0.2, 0) is 11.3 Å². The number of carbonyl (C=O) groups is 1. The van der Waals surface area contributed by atoms with E-state index in [2.05, 4.69) is 16.4 Å². The Balaban J connectivity index is 1.59. The molecule has 0 aliphatic heterocycles. The van der Waals surface area contributed by atoms with Gasteiger partial charge in [-0.25, -0.2) is 4.79 Å². The van der Waals surface area contributed by atoms with Gasteiger partial charge in [0.05, 0.1) is 6.54 Å². The molecule has 0 unspecified atom stereocenters. The molecule has 1 amide bonds. The summed E-state index contributed by atoms with van der Waals surface area (Å²) in [6.45, 7) is 1.06. The van der Waals surface area contributed by atoms with Crippen molar-refractivity contribution in [2.45, 2.75) is 45.1 Å². The first-order valence-corrected chi connectivity index (χ1v) is 12.5. The lowest BCUT2D eigenvalue weighted by Crippen LogP contribution is -2.40. The monoisotopic (exact) mass is 487 g/mol.